The van der Waals surface area contributed by atoms with Gasteiger partial charge in [0.15, 0.2) is 5.13 Å². The molecule has 3 rings (SSSR count). The molecular formula is C17H12N2O3S. The van der Waals surface area contributed by atoms with E-state index >= 15 is 0 Å². The lowest BCUT2D eigenvalue weighted by atomic mass is 10.0. The molecule has 2 N–H and O–H groups in total. The lowest BCUT2D eigenvalue weighted by Gasteiger charge is -2.03. The third-order valence-electron chi connectivity index (χ3n) is 3.18. The highest BCUT2D eigenvalue weighted by molar-refractivity contribution is 7.14. The summed E-state index contributed by atoms with van der Waals surface area (Å²) in [7, 11) is 0. The highest BCUT2D eigenvalue weighted by Gasteiger charge is 2.09. The Bertz CT molecular complexity index is 910. The Balaban J connectivity index is 1.87. The van der Waals surface area contributed by atoms with Crippen LogP contribution in [0.4, 0.5) is 5.13 Å². The first-order valence-corrected chi connectivity index (χ1v) is 7.67. The number of rotatable bonds is 4. The van der Waals surface area contributed by atoms with E-state index in [1.54, 1.807) is 0 Å². The third-order valence-corrected chi connectivity index (χ3v) is 3.93. The Labute approximate surface area is 135 Å². The number of nitrogens with zero attached hydrogens (tertiary/aromatic N) is 1. The monoisotopic (exact) mass is 324 g/mol. The van der Waals surface area contributed by atoms with Gasteiger partial charge in [-0.15, -0.1) is 11.3 Å². The number of fused-ring (bicyclic) bond motifs is 1. The van der Waals surface area contributed by atoms with Crippen LogP contribution in [0.1, 0.15) is 0 Å². The molecule has 0 aliphatic heterocycles. The van der Waals surface area contributed by atoms with Crippen LogP contribution >= 0.6 is 11.3 Å². The van der Waals surface area contributed by atoms with Crippen LogP contribution in [0.25, 0.3) is 22.0 Å². The number of nitrogens with one attached hydrogen (secondary N) is 1. The van der Waals surface area contributed by atoms with Crippen molar-refractivity contribution in [2.45, 2.75) is 0 Å². The normalized spacial score (nSPS) is 11.0. The minimum atomic E-state index is -1.17. The number of hydrogen-bond donors (Lipinski definition) is 2. The van der Waals surface area contributed by atoms with E-state index in [0.717, 1.165) is 34.2 Å². The van der Waals surface area contributed by atoms with Crippen molar-refractivity contribution in [3.05, 3.63) is 60.0 Å². The molecular weight excluding hydrogens is 312 g/mol. The largest absolute Gasteiger partial charge is 0.478 e. The van der Waals surface area contributed by atoms with Crippen molar-refractivity contribution in [2.24, 2.45) is 0 Å². The van der Waals surface area contributed by atoms with Gasteiger partial charge in [0.25, 0.3) is 0 Å². The molecule has 0 bridgehead atoms. The lowest BCUT2D eigenvalue weighted by molar-refractivity contribution is -0.131. The molecule has 0 unspecified atom stereocenters. The summed E-state index contributed by atoms with van der Waals surface area (Å²) in [5, 5.41) is 15.5. The second kappa shape index (κ2) is 6.41. The zero-order valence-electron chi connectivity index (χ0n) is 11.9. The van der Waals surface area contributed by atoms with E-state index < -0.39 is 11.9 Å². The van der Waals surface area contributed by atoms with Gasteiger partial charge in [-0.25, -0.2) is 9.78 Å². The number of carboxylic acids is 1. The topological polar surface area (TPSA) is 79.3 Å². The fourth-order valence-corrected chi connectivity index (χ4v) is 2.91. The second-order valence-corrected chi connectivity index (χ2v) is 5.58. The molecule has 23 heavy (non-hydrogen) atoms. The molecule has 0 radical (unpaired) electrons. The molecule has 6 heteroatoms. The van der Waals surface area contributed by atoms with Gasteiger partial charge < -0.3 is 5.11 Å². The number of carboxylic acid groups (broad SMARTS) is 1. The average Bonchev–Trinajstić information content (AvgIpc) is 3.00. The predicted octanol–water partition coefficient (Wildman–Crippen LogP) is 3.54. The number of anilines is 1. The van der Waals surface area contributed by atoms with Crippen LogP contribution in [0.3, 0.4) is 0 Å². The Kier molecular flexibility index (Phi) is 4.16. The van der Waals surface area contributed by atoms with Gasteiger partial charge in [0.05, 0.1) is 5.69 Å². The highest BCUT2D eigenvalue weighted by Crippen LogP contribution is 2.30. The van der Waals surface area contributed by atoms with Gasteiger partial charge in [-0.05, 0) is 10.8 Å². The second-order valence-electron chi connectivity index (χ2n) is 4.73. The molecule has 0 fully saturated rings. The minimum Gasteiger partial charge on any atom is -0.478 e. The predicted molar refractivity (Wildman–Crippen MR) is 90.5 cm³/mol. The van der Waals surface area contributed by atoms with E-state index in [1.807, 2.05) is 47.8 Å². The summed E-state index contributed by atoms with van der Waals surface area (Å²) in [4.78, 5) is 26.4. The summed E-state index contributed by atoms with van der Waals surface area (Å²) < 4.78 is 0. The van der Waals surface area contributed by atoms with Crippen molar-refractivity contribution < 1.29 is 14.7 Å². The zero-order valence-corrected chi connectivity index (χ0v) is 12.7. The number of carbonyl (C=O) groups excluding carboxylic acids is 1. The Morgan fingerprint density at radius 2 is 1.87 bits per heavy atom. The molecule has 114 valence electrons. The van der Waals surface area contributed by atoms with Crippen LogP contribution in [-0.4, -0.2) is 22.0 Å². The summed E-state index contributed by atoms with van der Waals surface area (Å²) in [6.07, 6.45) is 1.75. The van der Waals surface area contributed by atoms with Crippen molar-refractivity contribution in [3.8, 4) is 11.3 Å². The zero-order chi connectivity index (χ0) is 16.2. The lowest BCUT2D eigenvalue weighted by Crippen LogP contribution is -2.08. The SMILES string of the molecule is O=C(O)/C=C\C(=O)Nc1nc(-c2cccc3ccccc23)cs1. The van der Waals surface area contributed by atoms with E-state index in [-0.39, 0.29) is 0 Å². The van der Waals surface area contributed by atoms with E-state index in [1.165, 1.54) is 11.3 Å². The van der Waals surface area contributed by atoms with Gasteiger partial charge in [-0.1, -0.05) is 42.5 Å². The summed E-state index contributed by atoms with van der Waals surface area (Å²) in [5.41, 5.74) is 1.75. The molecule has 5 nitrogen and oxygen atoms in total. The van der Waals surface area contributed by atoms with Crippen LogP contribution < -0.4 is 5.32 Å². The molecule has 0 aliphatic rings. The van der Waals surface area contributed by atoms with E-state index in [9.17, 15) is 9.59 Å². The fourth-order valence-electron chi connectivity index (χ4n) is 2.20. The highest BCUT2D eigenvalue weighted by atomic mass is 32.1. The van der Waals surface area contributed by atoms with E-state index in [0.29, 0.717) is 5.13 Å². The molecule has 1 heterocycles. The number of hydrogen-bond acceptors (Lipinski definition) is 4. The van der Waals surface area contributed by atoms with Gasteiger partial charge in [0, 0.05) is 23.1 Å². The van der Waals surface area contributed by atoms with E-state index in [2.05, 4.69) is 10.3 Å². The summed E-state index contributed by atoms with van der Waals surface area (Å²) >= 11 is 1.29. The first kappa shape index (κ1) is 14.9. The third kappa shape index (κ3) is 3.44. The van der Waals surface area contributed by atoms with Crippen LogP contribution in [0.5, 0.6) is 0 Å². The van der Waals surface area contributed by atoms with Crippen molar-refractivity contribution in [3.63, 3.8) is 0 Å². The maximum Gasteiger partial charge on any atom is 0.328 e. The summed E-state index contributed by atoms with van der Waals surface area (Å²) in [6, 6.07) is 14.0. The summed E-state index contributed by atoms with van der Waals surface area (Å²) in [5.74, 6) is -1.69. The molecule has 0 saturated heterocycles. The quantitative estimate of drug-likeness (QED) is 0.719. The first-order chi connectivity index (χ1) is 11.1. The molecule has 0 aliphatic carbocycles. The van der Waals surface area contributed by atoms with Crippen molar-refractivity contribution in [2.75, 3.05) is 5.32 Å². The van der Waals surface area contributed by atoms with Crippen LogP contribution in [-0.2, 0) is 9.59 Å². The minimum absolute atomic E-state index is 0.424. The van der Waals surface area contributed by atoms with Crippen LogP contribution in [0.15, 0.2) is 60.0 Å². The number of aromatic nitrogens is 1. The maximum absolute atomic E-state index is 11.6. The fraction of sp³-hybridized carbons (Fsp3) is 0. The van der Waals surface area contributed by atoms with Crippen molar-refractivity contribution >= 4 is 39.1 Å². The van der Waals surface area contributed by atoms with Gasteiger partial charge >= 0.3 is 5.97 Å². The van der Waals surface area contributed by atoms with Gasteiger partial charge in [-0.3, -0.25) is 10.1 Å². The van der Waals surface area contributed by atoms with Gasteiger partial charge in [0.2, 0.25) is 5.91 Å². The Morgan fingerprint density at radius 3 is 2.70 bits per heavy atom. The van der Waals surface area contributed by atoms with Crippen molar-refractivity contribution in [1.29, 1.82) is 0 Å². The number of thiazole rings is 1. The van der Waals surface area contributed by atoms with Gasteiger partial charge in [0.1, 0.15) is 0 Å². The Morgan fingerprint density at radius 1 is 1.09 bits per heavy atom. The molecule has 1 amide bonds. The number of amides is 1. The molecule has 1 aromatic heterocycles. The smallest absolute Gasteiger partial charge is 0.328 e. The summed E-state index contributed by atoms with van der Waals surface area (Å²) in [6.45, 7) is 0. The standard InChI is InChI=1S/C17H12N2O3S/c20-15(8-9-16(21)22)19-17-18-14(10-23-17)13-7-3-5-11-4-1-2-6-12(11)13/h1-10H,(H,21,22)(H,18,19,20)/b9-8-. The molecule has 2 aromatic carbocycles. The molecule has 0 spiro atoms. The Hall–Kier alpha value is -2.99. The van der Waals surface area contributed by atoms with Crippen LogP contribution in [0.2, 0.25) is 0 Å². The molecule has 0 saturated carbocycles. The maximum atomic E-state index is 11.6. The van der Waals surface area contributed by atoms with E-state index in [4.69, 9.17) is 5.11 Å². The molecule has 0 atom stereocenters. The van der Waals surface area contributed by atoms with Gasteiger partial charge in [-0.2, -0.15) is 0 Å². The average molecular weight is 324 g/mol. The van der Waals surface area contributed by atoms with Crippen LogP contribution in [0, 0.1) is 0 Å². The number of aliphatic carboxylic acids is 1. The van der Waals surface area contributed by atoms with Crippen molar-refractivity contribution in [1.82, 2.24) is 4.98 Å². The first-order valence-electron chi connectivity index (χ1n) is 6.79. The number of benzene rings is 2. The number of carbonyl (C=O) groups is 2. The molecule has 3 aromatic rings.